The third kappa shape index (κ3) is 5.98. The van der Waals surface area contributed by atoms with E-state index in [2.05, 4.69) is 5.32 Å². The molecular formula is C16H22N2O5. The second-order valence-electron chi connectivity index (χ2n) is 5.23. The molecule has 0 saturated carbocycles. The van der Waals surface area contributed by atoms with E-state index in [0.29, 0.717) is 5.75 Å². The zero-order valence-electron chi connectivity index (χ0n) is 13.5. The number of amides is 2. The Hall–Kier alpha value is -2.57. The molecule has 1 aromatic carbocycles. The molecule has 1 rings (SSSR count). The molecule has 7 heteroatoms. The third-order valence-electron chi connectivity index (χ3n) is 3.47. The number of para-hydroxylation sites is 1. The van der Waals surface area contributed by atoms with Crippen molar-refractivity contribution in [1.82, 2.24) is 10.2 Å². The van der Waals surface area contributed by atoms with Gasteiger partial charge in [0.15, 0.2) is 0 Å². The smallest absolute Gasteiger partial charge is 0.308 e. The predicted octanol–water partition coefficient (Wildman–Crippen LogP) is 0.533. The molecule has 0 aliphatic carbocycles. The molecule has 126 valence electrons. The Labute approximate surface area is 135 Å². The number of carboxylic acid groups (broad SMARTS) is 1. The molecule has 0 radical (unpaired) electrons. The van der Waals surface area contributed by atoms with Crippen LogP contribution in [0, 0.1) is 5.92 Å². The number of methoxy groups -OCH3 is 1. The second kappa shape index (κ2) is 8.77. The number of hydrogen-bond donors (Lipinski definition) is 2. The molecule has 0 saturated heterocycles. The van der Waals surface area contributed by atoms with Gasteiger partial charge in [0.25, 0.3) is 0 Å². The van der Waals surface area contributed by atoms with Gasteiger partial charge in [-0.05, 0) is 18.1 Å². The summed E-state index contributed by atoms with van der Waals surface area (Å²) in [7, 11) is 3.03. The lowest BCUT2D eigenvalue weighted by Gasteiger charge is -2.17. The van der Waals surface area contributed by atoms with Crippen molar-refractivity contribution in [2.75, 3.05) is 27.2 Å². The summed E-state index contributed by atoms with van der Waals surface area (Å²) in [4.78, 5) is 35.5. The highest BCUT2D eigenvalue weighted by Gasteiger charge is 2.21. The molecule has 7 nitrogen and oxygen atoms in total. The lowest BCUT2D eigenvalue weighted by Crippen LogP contribution is -2.40. The second-order valence-corrected chi connectivity index (χ2v) is 5.23. The highest BCUT2D eigenvalue weighted by Crippen LogP contribution is 2.20. The van der Waals surface area contributed by atoms with Crippen LogP contribution >= 0.6 is 0 Å². The number of carbonyl (C=O) groups is 3. The van der Waals surface area contributed by atoms with E-state index in [1.807, 2.05) is 0 Å². The van der Waals surface area contributed by atoms with Gasteiger partial charge in [-0.25, -0.2) is 0 Å². The summed E-state index contributed by atoms with van der Waals surface area (Å²) >= 11 is 0. The Morgan fingerprint density at radius 2 is 1.96 bits per heavy atom. The Kier molecular flexibility index (Phi) is 7.05. The van der Waals surface area contributed by atoms with E-state index < -0.39 is 17.8 Å². The number of rotatable bonds is 8. The SMILES string of the molecule is COc1ccccc1CC(CNC(=O)CN(C)C(C)=O)C(=O)O. The number of carbonyl (C=O) groups excluding carboxylic acids is 2. The fourth-order valence-corrected chi connectivity index (χ4v) is 2.00. The van der Waals surface area contributed by atoms with Crippen molar-refractivity contribution in [3.63, 3.8) is 0 Å². The largest absolute Gasteiger partial charge is 0.496 e. The molecule has 1 unspecified atom stereocenters. The molecule has 0 aliphatic heterocycles. The van der Waals surface area contributed by atoms with Crippen molar-refractivity contribution in [2.24, 2.45) is 5.92 Å². The van der Waals surface area contributed by atoms with Crippen LogP contribution in [-0.2, 0) is 20.8 Å². The first-order valence-electron chi connectivity index (χ1n) is 7.18. The highest BCUT2D eigenvalue weighted by atomic mass is 16.5. The topological polar surface area (TPSA) is 95.9 Å². The number of likely N-dealkylation sites (N-methyl/N-ethyl adjacent to an activating group) is 1. The fraction of sp³-hybridized carbons (Fsp3) is 0.438. The first kappa shape index (κ1) is 18.5. The number of carboxylic acids is 1. The monoisotopic (exact) mass is 322 g/mol. The van der Waals surface area contributed by atoms with E-state index in [1.165, 1.54) is 26.0 Å². The standard InChI is InChI=1S/C16H22N2O5/c1-11(19)18(2)10-15(20)17-9-13(16(21)22)8-12-6-4-5-7-14(12)23-3/h4-7,13H,8-10H2,1-3H3,(H,17,20)(H,21,22). The van der Waals surface area contributed by atoms with Crippen LogP contribution in [0.15, 0.2) is 24.3 Å². The molecule has 0 aliphatic rings. The molecule has 1 aromatic rings. The maximum Gasteiger partial charge on any atom is 0.308 e. The Balaban J connectivity index is 2.64. The minimum atomic E-state index is -1.00. The molecular weight excluding hydrogens is 300 g/mol. The normalized spacial score (nSPS) is 11.4. The Bertz CT molecular complexity index is 573. The highest BCUT2D eigenvalue weighted by molar-refractivity contribution is 5.84. The van der Waals surface area contributed by atoms with Crippen molar-refractivity contribution < 1.29 is 24.2 Å². The average Bonchev–Trinajstić information content (AvgIpc) is 2.51. The van der Waals surface area contributed by atoms with E-state index in [-0.39, 0.29) is 25.4 Å². The molecule has 0 spiro atoms. The predicted molar refractivity (Wildman–Crippen MR) is 84.1 cm³/mol. The van der Waals surface area contributed by atoms with E-state index >= 15 is 0 Å². The molecule has 0 fully saturated rings. The third-order valence-corrected chi connectivity index (χ3v) is 3.47. The first-order valence-corrected chi connectivity index (χ1v) is 7.18. The summed E-state index contributed by atoms with van der Waals surface area (Å²) in [6.45, 7) is 1.24. The number of hydrogen-bond acceptors (Lipinski definition) is 4. The summed E-state index contributed by atoms with van der Waals surface area (Å²) < 4.78 is 5.21. The molecule has 2 N–H and O–H groups in total. The minimum Gasteiger partial charge on any atom is -0.496 e. The summed E-state index contributed by atoms with van der Waals surface area (Å²) in [5.74, 6) is -1.80. The van der Waals surface area contributed by atoms with Crippen LogP contribution < -0.4 is 10.1 Å². The van der Waals surface area contributed by atoms with Gasteiger partial charge in [-0.1, -0.05) is 18.2 Å². The number of aliphatic carboxylic acids is 1. The lowest BCUT2D eigenvalue weighted by molar-refractivity contribution is -0.142. The lowest BCUT2D eigenvalue weighted by atomic mass is 9.98. The molecule has 23 heavy (non-hydrogen) atoms. The van der Waals surface area contributed by atoms with Crippen LogP contribution in [0.25, 0.3) is 0 Å². The van der Waals surface area contributed by atoms with Crippen LogP contribution in [0.1, 0.15) is 12.5 Å². The number of nitrogens with one attached hydrogen (secondary N) is 1. The van der Waals surface area contributed by atoms with E-state index in [4.69, 9.17) is 4.74 Å². The van der Waals surface area contributed by atoms with Gasteiger partial charge in [0, 0.05) is 20.5 Å². The van der Waals surface area contributed by atoms with Crippen LogP contribution in [0.5, 0.6) is 5.75 Å². The number of benzene rings is 1. The van der Waals surface area contributed by atoms with Gasteiger partial charge in [0.05, 0.1) is 19.6 Å². The average molecular weight is 322 g/mol. The van der Waals surface area contributed by atoms with Crippen molar-refractivity contribution in [3.05, 3.63) is 29.8 Å². The van der Waals surface area contributed by atoms with Gasteiger partial charge in [-0.15, -0.1) is 0 Å². The van der Waals surface area contributed by atoms with E-state index in [0.717, 1.165) is 5.56 Å². The van der Waals surface area contributed by atoms with Crippen LogP contribution in [0.2, 0.25) is 0 Å². The maximum atomic E-state index is 11.7. The summed E-state index contributed by atoms with van der Waals surface area (Å²) in [5.41, 5.74) is 0.762. The van der Waals surface area contributed by atoms with E-state index in [9.17, 15) is 19.5 Å². The molecule has 1 atom stereocenters. The zero-order chi connectivity index (χ0) is 17.4. The van der Waals surface area contributed by atoms with Crippen LogP contribution in [0.3, 0.4) is 0 Å². The molecule has 0 aromatic heterocycles. The Morgan fingerprint density at radius 3 is 2.52 bits per heavy atom. The first-order chi connectivity index (χ1) is 10.8. The van der Waals surface area contributed by atoms with Gasteiger partial charge < -0.3 is 20.1 Å². The van der Waals surface area contributed by atoms with E-state index in [1.54, 1.807) is 24.3 Å². The van der Waals surface area contributed by atoms with Gasteiger partial charge in [-0.2, -0.15) is 0 Å². The maximum absolute atomic E-state index is 11.7. The van der Waals surface area contributed by atoms with Gasteiger partial charge in [0.2, 0.25) is 11.8 Å². The van der Waals surface area contributed by atoms with Crippen molar-refractivity contribution in [1.29, 1.82) is 0 Å². The van der Waals surface area contributed by atoms with Crippen molar-refractivity contribution in [3.8, 4) is 5.75 Å². The van der Waals surface area contributed by atoms with Crippen molar-refractivity contribution in [2.45, 2.75) is 13.3 Å². The number of ether oxygens (including phenoxy) is 1. The molecule has 2 amide bonds. The summed E-state index contributed by atoms with van der Waals surface area (Å²) in [6, 6.07) is 7.16. The van der Waals surface area contributed by atoms with Gasteiger partial charge >= 0.3 is 5.97 Å². The summed E-state index contributed by atoms with van der Waals surface area (Å²) in [6.07, 6.45) is 0.238. The fourth-order valence-electron chi connectivity index (χ4n) is 2.00. The van der Waals surface area contributed by atoms with Crippen LogP contribution in [0.4, 0.5) is 0 Å². The van der Waals surface area contributed by atoms with Gasteiger partial charge in [0.1, 0.15) is 5.75 Å². The molecule has 0 heterocycles. The Morgan fingerprint density at radius 1 is 1.30 bits per heavy atom. The minimum absolute atomic E-state index is 0.0159. The van der Waals surface area contributed by atoms with Crippen LogP contribution in [-0.4, -0.2) is 55.0 Å². The quantitative estimate of drug-likeness (QED) is 0.728. The number of nitrogens with zero attached hydrogens (tertiary/aromatic N) is 1. The molecule has 0 bridgehead atoms. The van der Waals surface area contributed by atoms with Crippen molar-refractivity contribution >= 4 is 17.8 Å². The zero-order valence-corrected chi connectivity index (χ0v) is 13.5. The summed E-state index contributed by atoms with van der Waals surface area (Å²) in [5, 5.41) is 11.9. The van der Waals surface area contributed by atoms with Gasteiger partial charge in [-0.3, -0.25) is 14.4 Å².